The van der Waals surface area contributed by atoms with E-state index in [0.717, 1.165) is 18.4 Å². The molecule has 1 aliphatic rings. The number of nitrogens with zero attached hydrogens (tertiary/aromatic N) is 2. The molecule has 1 heterocycles. The number of hydrogen-bond donors (Lipinski definition) is 2. The van der Waals surface area contributed by atoms with Crippen LogP contribution in [0.3, 0.4) is 0 Å². The number of hydrogen-bond acceptors (Lipinski definition) is 3. The molecule has 2 rings (SSSR count). The summed E-state index contributed by atoms with van der Waals surface area (Å²) in [7, 11) is -1.44. The number of sulfonamides is 1. The van der Waals surface area contributed by atoms with Gasteiger partial charge in [-0.2, -0.15) is 0 Å². The van der Waals surface area contributed by atoms with Gasteiger partial charge in [0.15, 0.2) is 5.96 Å². The standard InChI is InChI=1S/C20H32ClFN4O2S/c1-5-12-29(27,28)26-10-8-16(9-11-26)25-19(23-4)24-14-20(2,3)17-7-6-15(22)13-18(17)21/h6-7,13,16H,5,8-12,14H2,1-4H3,(H2,23,24,25). The smallest absolute Gasteiger partial charge is 0.214 e. The molecule has 1 aromatic rings. The van der Waals surface area contributed by atoms with Crippen LogP contribution in [0.25, 0.3) is 0 Å². The average molecular weight is 447 g/mol. The number of benzene rings is 1. The van der Waals surface area contributed by atoms with Gasteiger partial charge in [-0.3, -0.25) is 4.99 Å². The van der Waals surface area contributed by atoms with E-state index in [2.05, 4.69) is 15.6 Å². The molecule has 164 valence electrons. The molecular weight excluding hydrogens is 415 g/mol. The molecule has 0 amide bonds. The highest BCUT2D eigenvalue weighted by Gasteiger charge is 2.28. The Balaban J connectivity index is 1.90. The number of piperidine rings is 1. The maximum Gasteiger partial charge on any atom is 0.214 e. The Morgan fingerprint density at radius 1 is 1.34 bits per heavy atom. The van der Waals surface area contributed by atoms with E-state index in [1.54, 1.807) is 17.4 Å². The van der Waals surface area contributed by atoms with E-state index in [-0.39, 0.29) is 23.0 Å². The lowest BCUT2D eigenvalue weighted by molar-refractivity contribution is 0.305. The molecule has 1 aromatic carbocycles. The fourth-order valence-corrected chi connectivity index (χ4v) is 5.46. The summed E-state index contributed by atoms with van der Waals surface area (Å²) in [6.45, 7) is 7.54. The Bertz CT molecular complexity index is 822. The quantitative estimate of drug-likeness (QED) is 0.498. The van der Waals surface area contributed by atoms with E-state index in [4.69, 9.17) is 11.6 Å². The lowest BCUT2D eigenvalue weighted by Crippen LogP contribution is -2.51. The molecule has 1 aliphatic heterocycles. The van der Waals surface area contributed by atoms with Crippen molar-refractivity contribution < 1.29 is 12.8 Å². The van der Waals surface area contributed by atoms with Crippen molar-refractivity contribution in [2.45, 2.75) is 51.5 Å². The molecule has 0 unspecified atom stereocenters. The van der Waals surface area contributed by atoms with Gasteiger partial charge in [0.2, 0.25) is 10.0 Å². The van der Waals surface area contributed by atoms with Gasteiger partial charge in [0.1, 0.15) is 5.82 Å². The summed E-state index contributed by atoms with van der Waals surface area (Å²) >= 11 is 6.22. The summed E-state index contributed by atoms with van der Waals surface area (Å²) in [5.41, 5.74) is 0.526. The van der Waals surface area contributed by atoms with E-state index < -0.39 is 10.0 Å². The van der Waals surface area contributed by atoms with Gasteiger partial charge in [-0.1, -0.05) is 38.4 Å². The zero-order valence-electron chi connectivity index (χ0n) is 17.6. The lowest BCUT2D eigenvalue weighted by Gasteiger charge is -2.33. The Kier molecular flexibility index (Phi) is 8.31. The second-order valence-corrected chi connectivity index (χ2v) is 10.6. The number of halogens is 2. The molecule has 0 atom stereocenters. The Morgan fingerprint density at radius 2 is 2.00 bits per heavy atom. The van der Waals surface area contributed by atoms with E-state index in [1.165, 1.54) is 12.1 Å². The predicted molar refractivity (Wildman–Crippen MR) is 118 cm³/mol. The van der Waals surface area contributed by atoms with Crippen molar-refractivity contribution >= 4 is 27.6 Å². The van der Waals surface area contributed by atoms with Gasteiger partial charge in [-0.05, 0) is 37.0 Å². The molecule has 9 heteroatoms. The monoisotopic (exact) mass is 446 g/mol. The van der Waals surface area contributed by atoms with Crippen molar-refractivity contribution in [2.24, 2.45) is 4.99 Å². The molecule has 0 radical (unpaired) electrons. The second kappa shape index (κ2) is 10.1. The van der Waals surface area contributed by atoms with Gasteiger partial charge in [-0.15, -0.1) is 0 Å². The van der Waals surface area contributed by atoms with Crippen molar-refractivity contribution in [1.29, 1.82) is 0 Å². The maximum absolute atomic E-state index is 13.3. The first-order chi connectivity index (χ1) is 13.6. The van der Waals surface area contributed by atoms with Crippen LogP contribution in [0.5, 0.6) is 0 Å². The van der Waals surface area contributed by atoms with Crippen molar-refractivity contribution in [3.05, 3.63) is 34.6 Å². The van der Waals surface area contributed by atoms with Crippen molar-refractivity contribution in [3.8, 4) is 0 Å². The van der Waals surface area contributed by atoms with Gasteiger partial charge in [0.25, 0.3) is 0 Å². The third-order valence-electron chi connectivity index (χ3n) is 5.23. The van der Waals surface area contributed by atoms with Crippen molar-refractivity contribution in [3.63, 3.8) is 0 Å². The van der Waals surface area contributed by atoms with E-state index in [0.29, 0.717) is 37.0 Å². The molecule has 1 saturated heterocycles. The van der Waals surface area contributed by atoms with Crippen LogP contribution >= 0.6 is 11.6 Å². The first kappa shape index (κ1) is 23.9. The van der Waals surface area contributed by atoms with Gasteiger partial charge < -0.3 is 10.6 Å². The summed E-state index contributed by atoms with van der Waals surface area (Å²) in [6.07, 6.45) is 2.10. The molecule has 1 fully saturated rings. The minimum absolute atomic E-state index is 0.159. The number of nitrogens with one attached hydrogen (secondary N) is 2. The Hall–Kier alpha value is -1.38. The summed E-state index contributed by atoms with van der Waals surface area (Å²) in [6, 6.07) is 4.61. The first-order valence-corrected chi connectivity index (χ1v) is 12.0. The van der Waals surface area contributed by atoms with Crippen LogP contribution in [0.15, 0.2) is 23.2 Å². The zero-order chi connectivity index (χ0) is 21.7. The van der Waals surface area contributed by atoms with E-state index in [1.807, 2.05) is 20.8 Å². The van der Waals surface area contributed by atoms with Crippen LogP contribution in [-0.2, 0) is 15.4 Å². The van der Waals surface area contributed by atoms with Crippen molar-refractivity contribution in [1.82, 2.24) is 14.9 Å². The van der Waals surface area contributed by atoms with Crippen LogP contribution in [-0.4, -0.2) is 57.2 Å². The number of aliphatic imine (C=N–C) groups is 1. The molecule has 0 aliphatic carbocycles. The third kappa shape index (κ3) is 6.55. The maximum atomic E-state index is 13.3. The Morgan fingerprint density at radius 3 is 2.55 bits per heavy atom. The summed E-state index contributed by atoms with van der Waals surface area (Å²) in [4.78, 5) is 4.28. The lowest BCUT2D eigenvalue weighted by atomic mass is 9.84. The van der Waals surface area contributed by atoms with Gasteiger partial charge in [-0.25, -0.2) is 17.1 Å². The van der Waals surface area contributed by atoms with Crippen LogP contribution in [0.4, 0.5) is 4.39 Å². The molecule has 0 bridgehead atoms. The highest BCUT2D eigenvalue weighted by Crippen LogP contribution is 2.30. The summed E-state index contributed by atoms with van der Waals surface area (Å²) in [5, 5.41) is 7.10. The molecule has 29 heavy (non-hydrogen) atoms. The van der Waals surface area contributed by atoms with Gasteiger partial charge in [0.05, 0.1) is 5.75 Å². The summed E-state index contributed by atoms with van der Waals surface area (Å²) in [5.74, 6) is 0.508. The highest BCUT2D eigenvalue weighted by molar-refractivity contribution is 7.89. The van der Waals surface area contributed by atoms with Crippen molar-refractivity contribution in [2.75, 3.05) is 32.4 Å². The molecule has 0 saturated carbocycles. The average Bonchev–Trinajstić information content (AvgIpc) is 2.65. The fraction of sp³-hybridized carbons (Fsp3) is 0.650. The first-order valence-electron chi connectivity index (χ1n) is 9.99. The summed E-state index contributed by atoms with van der Waals surface area (Å²) < 4.78 is 39.3. The predicted octanol–water partition coefficient (Wildman–Crippen LogP) is 3.13. The van der Waals surface area contributed by atoms with Crippen LogP contribution in [0.1, 0.15) is 45.6 Å². The topological polar surface area (TPSA) is 73.8 Å². The minimum Gasteiger partial charge on any atom is -0.356 e. The third-order valence-corrected chi connectivity index (χ3v) is 7.62. The van der Waals surface area contributed by atoms with Crippen LogP contribution in [0, 0.1) is 5.82 Å². The fourth-order valence-electron chi connectivity index (χ4n) is 3.49. The normalized spacial score (nSPS) is 17.4. The SMILES string of the molecule is CCCS(=O)(=O)N1CCC(NC(=NC)NCC(C)(C)c2ccc(F)cc2Cl)CC1. The molecule has 6 nitrogen and oxygen atoms in total. The second-order valence-electron chi connectivity index (χ2n) is 8.07. The molecule has 2 N–H and O–H groups in total. The molecule has 0 aromatic heterocycles. The van der Waals surface area contributed by atoms with Crippen LogP contribution in [0.2, 0.25) is 5.02 Å². The zero-order valence-corrected chi connectivity index (χ0v) is 19.2. The molecule has 0 spiro atoms. The van der Waals surface area contributed by atoms with E-state index in [9.17, 15) is 12.8 Å². The largest absolute Gasteiger partial charge is 0.356 e. The number of rotatable bonds is 7. The van der Waals surface area contributed by atoms with E-state index >= 15 is 0 Å². The minimum atomic E-state index is -3.14. The highest BCUT2D eigenvalue weighted by atomic mass is 35.5. The Labute approximate surface area is 179 Å². The van der Waals surface area contributed by atoms with Crippen LogP contribution < -0.4 is 10.6 Å². The molecular formula is C20H32ClFN4O2S. The number of guanidine groups is 1. The van der Waals surface area contributed by atoms with Gasteiger partial charge >= 0.3 is 0 Å². The van der Waals surface area contributed by atoms with Gasteiger partial charge in [0, 0.05) is 43.2 Å².